The van der Waals surface area contributed by atoms with Crippen molar-refractivity contribution >= 4 is 29.9 Å². The van der Waals surface area contributed by atoms with E-state index in [9.17, 15) is 5.11 Å². The van der Waals surface area contributed by atoms with Crippen molar-refractivity contribution in [2.45, 2.75) is 38.9 Å². The summed E-state index contributed by atoms with van der Waals surface area (Å²) < 4.78 is 29.6. The molecule has 7 heteroatoms. The van der Waals surface area contributed by atoms with Crippen LogP contribution in [0.4, 0.5) is 0 Å². The Kier molecular flexibility index (Phi) is 6.95. The van der Waals surface area contributed by atoms with Gasteiger partial charge in [0.15, 0.2) is 0 Å². The van der Waals surface area contributed by atoms with Gasteiger partial charge in [-0.2, -0.15) is 0 Å². The highest BCUT2D eigenvalue weighted by Gasteiger charge is 2.39. The predicted molar refractivity (Wildman–Crippen MR) is 153 cm³/mol. The Balaban J connectivity index is 2.03. The molecule has 0 saturated carbocycles. The molecular formula is C30H36O6Si. The van der Waals surface area contributed by atoms with Crippen LogP contribution in [0.5, 0.6) is 34.5 Å². The minimum absolute atomic E-state index is 0.0310. The summed E-state index contributed by atoms with van der Waals surface area (Å²) in [5, 5.41) is 13.8. The zero-order valence-corrected chi connectivity index (χ0v) is 24.1. The monoisotopic (exact) mass is 520 g/mol. The van der Waals surface area contributed by atoms with E-state index in [2.05, 4.69) is 39.9 Å². The van der Waals surface area contributed by atoms with Gasteiger partial charge in [-0.05, 0) is 77.8 Å². The van der Waals surface area contributed by atoms with E-state index in [0.717, 1.165) is 27.6 Å². The van der Waals surface area contributed by atoms with Crippen molar-refractivity contribution in [1.82, 2.24) is 0 Å². The number of benzene rings is 4. The third-order valence-electron chi connectivity index (χ3n) is 7.40. The maximum atomic E-state index is 10.7. The van der Waals surface area contributed by atoms with Crippen LogP contribution in [0.1, 0.15) is 20.8 Å². The number of hydrogen-bond donors (Lipinski definition) is 1. The highest BCUT2D eigenvalue weighted by atomic mass is 28.4. The van der Waals surface area contributed by atoms with Crippen molar-refractivity contribution in [2.24, 2.45) is 0 Å². The minimum Gasteiger partial charge on any atom is -0.543 e. The van der Waals surface area contributed by atoms with Gasteiger partial charge in [0.05, 0.1) is 39.2 Å². The standard InChI is InChI=1S/C30H36O6Si/c1-30(2,3)37(8,9)36-23-12-13-25(33-5)29-21(23)15-19(17-27(29)35-7)18-14-20-22(31)10-11-24(32-4)28(20)26(16-18)34-6/h10-17,31H,1-9H3. The average Bonchev–Trinajstić information content (AvgIpc) is 2.87. The molecule has 0 bridgehead atoms. The molecule has 0 aliphatic rings. The van der Waals surface area contributed by atoms with Gasteiger partial charge in [-0.1, -0.05) is 20.8 Å². The normalized spacial score (nSPS) is 12.0. The molecule has 0 amide bonds. The first-order valence-electron chi connectivity index (χ1n) is 12.2. The fourth-order valence-electron chi connectivity index (χ4n) is 4.30. The Morgan fingerprint density at radius 1 is 0.595 bits per heavy atom. The molecule has 0 fully saturated rings. The average molecular weight is 521 g/mol. The zero-order chi connectivity index (χ0) is 27.1. The van der Waals surface area contributed by atoms with E-state index in [0.29, 0.717) is 33.8 Å². The molecule has 0 aliphatic heterocycles. The number of fused-ring (bicyclic) bond motifs is 2. The molecule has 6 nitrogen and oxygen atoms in total. The SMILES string of the molecule is COc1ccc(O)c2cc(-c3cc(OC)c4c(OC)ccc(O[Si](C)(C)C(C)(C)C)c4c3)cc(OC)c12. The molecule has 37 heavy (non-hydrogen) atoms. The number of ether oxygens (including phenoxy) is 4. The first kappa shape index (κ1) is 26.5. The van der Waals surface area contributed by atoms with Crippen molar-refractivity contribution in [2.75, 3.05) is 28.4 Å². The van der Waals surface area contributed by atoms with E-state index in [1.54, 1.807) is 40.6 Å². The zero-order valence-electron chi connectivity index (χ0n) is 23.1. The van der Waals surface area contributed by atoms with Gasteiger partial charge >= 0.3 is 0 Å². The lowest BCUT2D eigenvalue weighted by Gasteiger charge is -2.37. The lowest BCUT2D eigenvalue weighted by molar-refractivity contribution is 0.403. The van der Waals surface area contributed by atoms with Crippen molar-refractivity contribution in [1.29, 1.82) is 0 Å². The van der Waals surface area contributed by atoms with E-state index >= 15 is 0 Å². The molecular weight excluding hydrogens is 484 g/mol. The van der Waals surface area contributed by atoms with Gasteiger partial charge in [0.25, 0.3) is 8.32 Å². The maximum Gasteiger partial charge on any atom is 0.250 e. The summed E-state index contributed by atoms with van der Waals surface area (Å²) in [6.07, 6.45) is 0. The molecule has 0 spiro atoms. The Labute approximate surface area is 219 Å². The first-order chi connectivity index (χ1) is 17.4. The van der Waals surface area contributed by atoms with E-state index < -0.39 is 8.32 Å². The maximum absolute atomic E-state index is 10.7. The molecule has 0 radical (unpaired) electrons. The largest absolute Gasteiger partial charge is 0.543 e. The van der Waals surface area contributed by atoms with Crippen LogP contribution in [-0.4, -0.2) is 41.9 Å². The summed E-state index contributed by atoms with van der Waals surface area (Å²) in [7, 11) is 4.38. The topological polar surface area (TPSA) is 66.4 Å². The van der Waals surface area contributed by atoms with E-state index in [4.69, 9.17) is 23.4 Å². The van der Waals surface area contributed by atoms with Gasteiger partial charge in [0, 0.05) is 10.8 Å². The Morgan fingerprint density at radius 2 is 1.03 bits per heavy atom. The van der Waals surface area contributed by atoms with Crippen LogP contribution in [0, 0.1) is 0 Å². The first-order valence-corrected chi connectivity index (χ1v) is 15.1. The van der Waals surface area contributed by atoms with Crippen LogP contribution in [0.15, 0.2) is 48.5 Å². The lowest BCUT2D eigenvalue weighted by atomic mass is 9.96. The van der Waals surface area contributed by atoms with Gasteiger partial charge in [-0.15, -0.1) is 0 Å². The van der Waals surface area contributed by atoms with Gasteiger partial charge in [0.1, 0.15) is 34.5 Å². The van der Waals surface area contributed by atoms with Crippen LogP contribution < -0.4 is 23.4 Å². The van der Waals surface area contributed by atoms with Gasteiger partial charge in [-0.25, -0.2) is 0 Å². The number of methoxy groups -OCH3 is 4. The summed E-state index contributed by atoms with van der Waals surface area (Å²) in [6.45, 7) is 11.1. The van der Waals surface area contributed by atoms with Crippen LogP contribution in [0.3, 0.4) is 0 Å². The van der Waals surface area contributed by atoms with Gasteiger partial charge < -0.3 is 28.5 Å². The van der Waals surface area contributed by atoms with Crippen LogP contribution in [0.25, 0.3) is 32.7 Å². The summed E-state index contributed by atoms with van der Waals surface area (Å²) >= 11 is 0. The smallest absolute Gasteiger partial charge is 0.250 e. The van der Waals surface area contributed by atoms with Crippen LogP contribution in [-0.2, 0) is 0 Å². The van der Waals surface area contributed by atoms with E-state index in [1.807, 2.05) is 30.3 Å². The Bertz CT molecular complexity index is 1470. The highest BCUT2D eigenvalue weighted by molar-refractivity contribution is 6.74. The van der Waals surface area contributed by atoms with Gasteiger partial charge in [0.2, 0.25) is 0 Å². The predicted octanol–water partition coefficient (Wildman–Crippen LogP) is 7.78. The number of phenolic OH excluding ortho intramolecular Hbond substituents is 1. The molecule has 4 aromatic rings. The molecule has 0 unspecified atom stereocenters. The van der Waals surface area contributed by atoms with Crippen molar-refractivity contribution in [3.63, 3.8) is 0 Å². The molecule has 196 valence electrons. The van der Waals surface area contributed by atoms with E-state index in [1.165, 1.54) is 0 Å². The van der Waals surface area contributed by atoms with Crippen molar-refractivity contribution < 1.29 is 28.5 Å². The summed E-state index contributed by atoms with van der Waals surface area (Å²) in [5.41, 5.74) is 1.74. The number of hydrogen-bond acceptors (Lipinski definition) is 6. The summed E-state index contributed by atoms with van der Waals surface area (Å²) in [4.78, 5) is 0. The molecule has 0 saturated heterocycles. The second kappa shape index (κ2) is 9.71. The Morgan fingerprint density at radius 3 is 1.51 bits per heavy atom. The highest BCUT2D eigenvalue weighted by Crippen LogP contribution is 2.47. The molecule has 0 aromatic heterocycles. The quantitative estimate of drug-likeness (QED) is 0.251. The minimum atomic E-state index is -2.13. The molecule has 0 atom stereocenters. The fourth-order valence-corrected chi connectivity index (χ4v) is 5.33. The molecule has 4 aromatic carbocycles. The molecule has 1 N–H and O–H groups in total. The molecule has 4 rings (SSSR count). The van der Waals surface area contributed by atoms with Gasteiger partial charge in [-0.3, -0.25) is 0 Å². The second-order valence-electron chi connectivity index (χ2n) is 10.6. The number of rotatable bonds is 7. The van der Waals surface area contributed by atoms with Crippen molar-refractivity contribution in [3.8, 4) is 45.6 Å². The number of aromatic hydroxyl groups is 1. The third-order valence-corrected chi connectivity index (χ3v) is 11.7. The second-order valence-corrected chi connectivity index (χ2v) is 15.3. The number of phenols is 1. The summed E-state index contributed by atoms with van der Waals surface area (Å²) in [6, 6.07) is 15.2. The third kappa shape index (κ3) is 4.64. The van der Waals surface area contributed by atoms with Crippen LogP contribution in [0.2, 0.25) is 18.1 Å². The fraction of sp³-hybridized carbons (Fsp3) is 0.333. The van der Waals surface area contributed by atoms with E-state index in [-0.39, 0.29) is 10.8 Å². The molecule has 0 aliphatic carbocycles. The van der Waals surface area contributed by atoms with Crippen molar-refractivity contribution in [3.05, 3.63) is 48.5 Å². The summed E-state index contributed by atoms with van der Waals surface area (Å²) in [5.74, 6) is 3.54. The van der Waals surface area contributed by atoms with Crippen LogP contribution >= 0.6 is 0 Å². The Hall–Kier alpha value is -3.58. The lowest BCUT2D eigenvalue weighted by Crippen LogP contribution is -2.43. The molecule has 0 heterocycles.